The molecule has 1 heterocycles. The van der Waals surface area contributed by atoms with E-state index in [1.54, 1.807) is 10.9 Å². The maximum atomic E-state index is 13.7. The number of rotatable bonds is 5. The predicted octanol–water partition coefficient (Wildman–Crippen LogP) is 2.59. The molecule has 0 unspecified atom stereocenters. The standard InChI is InChI=1S/C13H13F4N3O/c14-11-5-9(10-6-19-20(7-10)4-3-18)1-2-12(11)21-8-13(15,16)17/h1-2,5-7H,3-4,8,18H2. The topological polar surface area (TPSA) is 53.1 Å². The lowest BCUT2D eigenvalue weighted by Crippen LogP contribution is -2.19. The number of benzene rings is 1. The second-order valence-electron chi connectivity index (χ2n) is 4.33. The lowest BCUT2D eigenvalue weighted by atomic mass is 10.1. The monoisotopic (exact) mass is 303 g/mol. The summed E-state index contributed by atoms with van der Waals surface area (Å²) in [5.74, 6) is -1.30. The summed E-state index contributed by atoms with van der Waals surface area (Å²) >= 11 is 0. The molecule has 0 aliphatic rings. The molecule has 1 aromatic carbocycles. The van der Waals surface area contributed by atoms with Crippen molar-refractivity contribution in [3.63, 3.8) is 0 Å². The van der Waals surface area contributed by atoms with Crippen LogP contribution in [0, 0.1) is 5.82 Å². The maximum absolute atomic E-state index is 13.7. The van der Waals surface area contributed by atoms with E-state index in [1.807, 2.05) is 0 Å². The number of hydrogen-bond acceptors (Lipinski definition) is 3. The zero-order chi connectivity index (χ0) is 15.5. The average Bonchev–Trinajstić information content (AvgIpc) is 2.85. The third-order valence-electron chi connectivity index (χ3n) is 2.65. The van der Waals surface area contributed by atoms with Crippen LogP contribution in [0.25, 0.3) is 11.1 Å². The minimum atomic E-state index is -4.51. The Morgan fingerprint density at radius 3 is 2.62 bits per heavy atom. The Bertz CT molecular complexity index is 610. The third kappa shape index (κ3) is 4.19. The van der Waals surface area contributed by atoms with Crippen molar-refractivity contribution in [2.24, 2.45) is 5.73 Å². The molecule has 4 nitrogen and oxygen atoms in total. The van der Waals surface area contributed by atoms with Crippen molar-refractivity contribution in [2.45, 2.75) is 12.7 Å². The first-order chi connectivity index (χ1) is 9.89. The Morgan fingerprint density at radius 2 is 2.00 bits per heavy atom. The first kappa shape index (κ1) is 15.3. The quantitative estimate of drug-likeness (QED) is 0.864. The van der Waals surface area contributed by atoms with Gasteiger partial charge in [0.2, 0.25) is 0 Å². The van der Waals surface area contributed by atoms with Crippen molar-refractivity contribution >= 4 is 0 Å². The average molecular weight is 303 g/mol. The minimum absolute atomic E-state index is 0.416. The molecule has 2 aromatic rings. The second kappa shape index (κ2) is 6.13. The molecule has 1 aromatic heterocycles. The fourth-order valence-corrected chi connectivity index (χ4v) is 1.72. The van der Waals surface area contributed by atoms with Gasteiger partial charge in [-0.05, 0) is 17.7 Å². The van der Waals surface area contributed by atoms with Crippen LogP contribution < -0.4 is 10.5 Å². The molecule has 0 bridgehead atoms. The van der Waals surface area contributed by atoms with Crippen LogP contribution in [-0.4, -0.2) is 29.1 Å². The molecule has 114 valence electrons. The lowest BCUT2D eigenvalue weighted by Gasteiger charge is -2.10. The van der Waals surface area contributed by atoms with Crippen LogP contribution in [0.5, 0.6) is 5.75 Å². The van der Waals surface area contributed by atoms with Crippen LogP contribution in [0.1, 0.15) is 0 Å². The Kier molecular flexibility index (Phi) is 4.46. The van der Waals surface area contributed by atoms with Gasteiger partial charge in [0.1, 0.15) is 0 Å². The summed E-state index contributed by atoms with van der Waals surface area (Å²) in [6.45, 7) is -0.591. The van der Waals surface area contributed by atoms with Gasteiger partial charge in [0, 0.05) is 18.3 Å². The zero-order valence-electron chi connectivity index (χ0n) is 10.9. The molecule has 21 heavy (non-hydrogen) atoms. The van der Waals surface area contributed by atoms with Crippen LogP contribution in [0.15, 0.2) is 30.6 Å². The molecule has 0 spiro atoms. The third-order valence-corrected chi connectivity index (χ3v) is 2.65. The van der Waals surface area contributed by atoms with Crippen LogP contribution in [-0.2, 0) is 6.54 Å². The molecule has 0 saturated heterocycles. The van der Waals surface area contributed by atoms with Gasteiger partial charge in [-0.25, -0.2) is 4.39 Å². The van der Waals surface area contributed by atoms with E-state index in [2.05, 4.69) is 9.84 Å². The van der Waals surface area contributed by atoms with Crippen LogP contribution in [0.2, 0.25) is 0 Å². The molecule has 0 atom stereocenters. The number of ether oxygens (including phenoxy) is 1. The first-order valence-corrected chi connectivity index (χ1v) is 6.11. The molecule has 2 N–H and O–H groups in total. The zero-order valence-corrected chi connectivity index (χ0v) is 10.9. The number of nitrogens with two attached hydrogens (primary N) is 1. The van der Waals surface area contributed by atoms with Crippen LogP contribution >= 0.6 is 0 Å². The second-order valence-corrected chi connectivity index (χ2v) is 4.33. The van der Waals surface area contributed by atoms with Gasteiger partial charge < -0.3 is 10.5 Å². The maximum Gasteiger partial charge on any atom is 0.422 e. The summed E-state index contributed by atoms with van der Waals surface area (Å²) in [5.41, 5.74) is 6.53. The van der Waals surface area contributed by atoms with Crippen molar-refractivity contribution < 1.29 is 22.3 Å². The SMILES string of the molecule is NCCn1cc(-c2ccc(OCC(F)(F)F)c(F)c2)cn1. The van der Waals surface area contributed by atoms with Gasteiger partial charge in [-0.2, -0.15) is 18.3 Å². The summed E-state index contributed by atoms with van der Waals surface area (Å²) in [6.07, 6.45) is -1.30. The van der Waals surface area contributed by atoms with E-state index in [0.29, 0.717) is 24.2 Å². The van der Waals surface area contributed by atoms with Crippen LogP contribution in [0.4, 0.5) is 17.6 Å². The van der Waals surface area contributed by atoms with E-state index in [4.69, 9.17) is 5.73 Å². The van der Waals surface area contributed by atoms with E-state index in [-0.39, 0.29) is 0 Å². The molecule has 0 aliphatic carbocycles. The number of alkyl halides is 3. The molecule has 2 rings (SSSR count). The summed E-state index contributed by atoms with van der Waals surface area (Å²) in [6, 6.07) is 3.74. The highest BCUT2D eigenvalue weighted by Crippen LogP contribution is 2.26. The molecule has 0 saturated carbocycles. The van der Waals surface area contributed by atoms with Gasteiger partial charge in [-0.1, -0.05) is 6.07 Å². The van der Waals surface area contributed by atoms with Gasteiger partial charge >= 0.3 is 6.18 Å². The minimum Gasteiger partial charge on any atom is -0.481 e. The summed E-state index contributed by atoms with van der Waals surface area (Å²) in [4.78, 5) is 0. The fraction of sp³-hybridized carbons (Fsp3) is 0.308. The highest BCUT2D eigenvalue weighted by molar-refractivity contribution is 5.62. The first-order valence-electron chi connectivity index (χ1n) is 6.11. The van der Waals surface area contributed by atoms with E-state index >= 15 is 0 Å². The largest absolute Gasteiger partial charge is 0.481 e. The van der Waals surface area contributed by atoms with E-state index in [9.17, 15) is 17.6 Å². The highest BCUT2D eigenvalue weighted by Gasteiger charge is 2.28. The fourth-order valence-electron chi connectivity index (χ4n) is 1.72. The van der Waals surface area contributed by atoms with Crippen molar-refractivity contribution in [3.8, 4) is 16.9 Å². The summed E-state index contributed by atoms with van der Waals surface area (Å²) < 4.78 is 55.8. The van der Waals surface area contributed by atoms with E-state index < -0.39 is 24.3 Å². The molecule has 0 aliphatic heterocycles. The van der Waals surface area contributed by atoms with Gasteiger partial charge in [-0.15, -0.1) is 0 Å². The normalized spacial score (nSPS) is 11.7. The smallest absolute Gasteiger partial charge is 0.422 e. The number of halogens is 4. The Labute approximate surface area is 118 Å². The van der Waals surface area contributed by atoms with Gasteiger partial charge in [0.05, 0.1) is 12.7 Å². The molecule has 8 heteroatoms. The molecule has 0 fully saturated rings. The molecular formula is C13H13F4N3O. The number of aromatic nitrogens is 2. The molecule has 0 radical (unpaired) electrons. The highest BCUT2D eigenvalue weighted by atomic mass is 19.4. The van der Waals surface area contributed by atoms with E-state index in [0.717, 1.165) is 12.1 Å². The van der Waals surface area contributed by atoms with Gasteiger partial charge in [0.25, 0.3) is 0 Å². The van der Waals surface area contributed by atoms with Gasteiger partial charge in [0.15, 0.2) is 18.2 Å². The Balaban J connectivity index is 2.14. The lowest BCUT2D eigenvalue weighted by molar-refractivity contribution is -0.153. The van der Waals surface area contributed by atoms with Crippen LogP contribution in [0.3, 0.4) is 0 Å². The number of hydrogen-bond donors (Lipinski definition) is 1. The summed E-state index contributed by atoms with van der Waals surface area (Å²) in [7, 11) is 0. The summed E-state index contributed by atoms with van der Waals surface area (Å²) in [5, 5.41) is 4.04. The predicted molar refractivity (Wildman–Crippen MR) is 68.2 cm³/mol. The molecule has 0 amide bonds. The van der Waals surface area contributed by atoms with Crippen molar-refractivity contribution in [1.29, 1.82) is 0 Å². The van der Waals surface area contributed by atoms with E-state index in [1.165, 1.54) is 12.3 Å². The van der Waals surface area contributed by atoms with Crippen molar-refractivity contribution in [2.75, 3.05) is 13.2 Å². The van der Waals surface area contributed by atoms with Crippen molar-refractivity contribution in [3.05, 3.63) is 36.4 Å². The van der Waals surface area contributed by atoms with Crippen molar-refractivity contribution in [1.82, 2.24) is 9.78 Å². The number of nitrogens with zero attached hydrogens (tertiary/aromatic N) is 2. The Morgan fingerprint density at radius 1 is 1.24 bits per heavy atom. The molecular weight excluding hydrogens is 290 g/mol. The van der Waals surface area contributed by atoms with Gasteiger partial charge in [-0.3, -0.25) is 4.68 Å². The Hall–Kier alpha value is -2.09.